The molecule has 7 heteroatoms. The highest BCUT2D eigenvalue weighted by Gasteiger charge is 2.29. The number of carbonyl (C=O) groups is 1. The number of carbonyl (C=O) groups excluding carboxylic acids is 1. The lowest BCUT2D eigenvalue weighted by Crippen LogP contribution is -2.32. The van der Waals surface area contributed by atoms with Crippen LogP contribution in [0.15, 0.2) is 83.7 Å². The normalized spacial score (nSPS) is 14.2. The van der Waals surface area contributed by atoms with Crippen molar-refractivity contribution in [3.63, 3.8) is 0 Å². The highest BCUT2D eigenvalue weighted by atomic mass is 16.1. The Hall–Kier alpha value is -4.26. The number of rotatable bonds is 7. The molecule has 5 aromatic rings. The number of nitrogens with one attached hydrogen (secondary N) is 1. The first kappa shape index (κ1) is 22.2. The van der Waals surface area contributed by atoms with Crippen LogP contribution in [0.1, 0.15) is 48.6 Å². The van der Waals surface area contributed by atoms with Crippen molar-refractivity contribution >= 4 is 27.8 Å². The molecule has 0 radical (unpaired) electrons. The van der Waals surface area contributed by atoms with Gasteiger partial charge in [0.2, 0.25) is 5.91 Å². The van der Waals surface area contributed by atoms with E-state index in [0.29, 0.717) is 23.1 Å². The van der Waals surface area contributed by atoms with Gasteiger partial charge in [0.15, 0.2) is 0 Å². The van der Waals surface area contributed by atoms with Gasteiger partial charge in [-0.1, -0.05) is 54.6 Å². The molecule has 180 valence electrons. The number of hydrogen-bond acceptors (Lipinski definition) is 4. The van der Waals surface area contributed by atoms with Crippen LogP contribution in [0.3, 0.4) is 0 Å². The molecule has 1 aliphatic rings. The summed E-state index contributed by atoms with van der Waals surface area (Å²) < 4.78 is 3.83. The molecule has 0 aliphatic heterocycles. The van der Waals surface area contributed by atoms with Gasteiger partial charge >= 0.3 is 0 Å². The fraction of sp³-hybridized carbons (Fsp3) is 0.241. The van der Waals surface area contributed by atoms with E-state index in [1.54, 1.807) is 4.57 Å². The largest absolute Gasteiger partial charge is 0.342 e. The number of aromatic nitrogens is 4. The zero-order chi connectivity index (χ0) is 24.6. The minimum Gasteiger partial charge on any atom is -0.342 e. The van der Waals surface area contributed by atoms with Crippen LogP contribution in [-0.2, 0) is 18.3 Å². The topological polar surface area (TPSA) is 81.8 Å². The minimum atomic E-state index is -0.397. The van der Waals surface area contributed by atoms with Crippen LogP contribution in [0, 0.1) is 0 Å². The number of hydrogen-bond donors (Lipinski definition) is 1. The smallest absolute Gasteiger partial charge is 0.261 e. The fourth-order valence-corrected chi connectivity index (χ4v) is 4.90. The number of imidazole rings is 1. The van der Waals surface area contributed by atoms with E-state index in [2.05, 4.69) is 5.32 Å². The van der Waals surface area contributed by atoms with E-state index in [1.807, 2.05) is 90.5 Å². The lowest BCUT2D eigenvalue weighted by molar-refractivity contribution is -0.121. The van der Waals surface area contributed by atoms with Crippen LogP contribution in [0.4, 0.5) is 0 Å². The van der Waals surface area contributed by atoms with Crippen LogP contribution < -0.4 is 10.9 Å². The van der Waals surface area contributed by atoms with Crippen LogP contribution in [-0.4, -0.2) is 25.0 Å². The van der Waals surface area contributed by atoms with Gasteiger partial charge in [-0.25, -0.2) is 9.97 Å². The van der Waals surface area contributed by atoms with Gasteiger partial charge in [0.1, 0.15) is 17.7 Å². The third-order valence-corrected chi connectivity index (χ3v) is 6.89. The molecule has 1 fully saturated rings. The molecule has 0 spiro atoms. The molecule has 1 amide bonds. The number of para-hydroxylation sites is 3. The van der Waals surface area contributed by atoms with Crippen LogP contribution in [0.25, 0.3) is 21.9 Å². The van der Waals surface area contributed by atoms with Crippen molar-refractivity contribution in [3.05, 3.63) is 106 Å². The zero-order valence-corrected chi connectivity index (χ0v) is 20.1. The molecule has 1 saturated carbocycles. The van der Waals surface area contributed by atoms with E-state index in [9.17, 15) is 9.59 Å². The van der Waals surface area contributed by atoms with Crippen molar-refractivity contribution < 1.29 is 4.79 Å². The van der Waals surface area contributed by atoms with Crippen LogP contribution in [0.2, 0.25) is 0 Å². The molecule has 7 nitrogen and oxygen atoms in total. The first-order valence-electron chi connectivity index (χ1n) is 12.4. The third kappa shape index (κ3) is 4.06. The predicted molar refractivity (Wildman–Crippen MR) is 140 cm³/mol. The van der Waals surface area contributed by atoms with Crippen molar-refractivity contribution in [2.24, 2.45) is 7.05 Å². The van der Waals surface area contributed by atoms with E-state index in [-0.39, 0.29) is 23.9 Å². The van der Waals surface area contributed by atoms with Gasteiger partial charge in [0.05, 0.1) is 21.9 Å². The average molecular weight is 478 g/mol. The SMILES string of the molecule is Cn1c(C(NC(=O)CCc2nc3ccccc3c(=O)n2C2CC2)c2ccccc2)nc2ccccc21. The molecule has 1 atom stereocenters. The summed E-state index contributed by atoms with van der Waals surface area (Å²) >= 11 is 0. The molecule has 6 rings (SSSR count). The molecule has 2 aromatic heterocycles. The molecule has 36 heavy (non-hydrogen) atoms. The molecule has 0 bridgehead atoms. The van der Waals surface area contributed by atoms with Crippen molar-refractivity contribution in [2.75, 3.05) is 0 Å². The van der Waals surface area contributed by atoms with Crippen molar-refractivity contribution in [2.45, 2.75) is 37.8 Å². The van der Waals surface area contributed by atoms with Crippen LogP contribution in [0.5, 0.6) is 0 Å². The standard InChI is InChI=1S/C29H27N5O2/c1-33-24-14-8-7-13-23(24)31-28(33)27(19-9-3-2-4-10-19)32-26(35)18-17-25-30-22-12-6-5-11-21(22)29(36)34(25)20-15-16-20/h2-14,20,27H,15-18H2,1H3,(H,32,35). The van der Waals surface area contributed by atoms with E-state index >= 15 is 0 Å². The highest BCUT2D eigenvalue weighted by molar-refractivity contribution is 5.79. The molecule has 1 unspecified atom stereocenters. The number of benzene rings is 3. The van der Waals surface area contributed by atoms with E-state index in [4.69, 9.17) is 9.97 Å². The van der Waals surface area contributed by atoms with E-state index in [0.717, 1.165) is 35.3 Å². The monoisotopic (exact) mass is 477 g/mol. The average Bonchev–Trinajstić information content (AvgIpc) is 3.69. The highest BCUT2D eigenvalue weighted by Crippen LogP contribution is 2.35. The molecule has 1 aliphatic carbocycles. The predicted octanol–water partition coefficient (Wildman–Crippen LogP) is 4.46. The molecule has 1 N–H and O–H groups in total. The second kappa shape index (κ2) is 9.07. The minimum absolute atomic E-state index is 0.0135. The van der Waals surface area contributed by atoms with Gasteiger partial charge in [-0.3, -0.25) is 14.2 Å². The first-order chi connectivity index (χ1) is 17.6. The van der Waals surface area contributed by atoms with Gasteiger partial charge in [0.25, 0.3) is 5.56 Å². The number of amides is 1. The Morgan fingerprint density at radius 3 is 2.39 bits per heavy atom. The summed E-state index contributed by atoms with van der Waals surface area (Å²) in [5.74, 6) is 1.34. The molecule has 0 saturated heterocycles. The Bertz CT molecular complexity index is 1630. The van der Waals surface area contributed by atoms with Crippen LogP contribution >= 0.6 is 0 Å². The van der Waals surface area contributed by atoms with Crippen molar-refractivity contribution in [3.8, 4) is 0 Å². The summed E-state index contributed by atoms with van der Waals surface area (Å²) in [7, 11) is 1.97. The Balaban J connectivity index is 1.29. The van der Waals surface area contributed by atoms with Crippen molar-refractivity contribution in [1.29, 1.82) is 0 Å². The maximum Gasteiger partial charge on any atom is 0.261 e. The van der Waals surface area contributed by atoms with Gasteiger partial charge in [-0.2, -0.15) is 0 Å². The molecule has 2 heterocycles. The van der Waals surface area contributed by atoms with E-state index in [1.165, 1.54) is 0 Å². The summed E-state index contributed by atoms with van der Waals surface area (Å²) in [5.41, 5.74) is 3.52. The second-order valence-electron chi connectivity index (χ2n) is 9.38. The lowest BCUT2D eigenvalue weighted by Gasteiger charge is -2.20. The Morgan fingerprint density at radius 1 is 0.944 bits per heavy atom. The lowest BCUT2D eigenvalue weighted by atomic mass is 10.1. The third-order valence-electron chi connectivity index (χ3n) is 6.89. The Labute approximate surface area is 208 Å². The molecular weight excluding hydrogens is 450 g/mol. The number of nitrogens with zero attached hydrogens (tertiary/aromatic N) is 4. The fourth-order valence-electron chi connectivity index (χ4n) is 4.90. The Kier molecular flexibility index (Phi) is 5.60. The summed E-state index contributed by atoms with van der Waals surface area (Å²) in [5, 5.41) is 3.83. The first-order valence-corrected chi connectivity index (χ1v) is 12.4. The summed E-state index contributed by atoms with van der Waals surface area (Å²) in [6.45, 7) is 0. The molecular formula is C29H27N5O2. The van der Waals surface area contributed by atoms with Gasteiger partial charge in [-0.05, 0) is 42.7 Å². The summed E-state index contributed by atoms with van der Waals surface area (Å²) in [6, 6.07) is 25.0. The van der Waals surface area contributed by atoms with E-state index < -0.39 is 6.04 Å². The Morgan fingerprint density at radius 2 is 1.64 bits per heavy atom. The number of aryl methyl sites for hydroxylation is 2. The number of fused-ring (bicyclic) bond motifs is 2. The zero-order valence-electron chi connectivity index (χ0n) is 20.1. The maximum absolute atomic E-state index is 13.3. The quantitative estimate of drug-likeness (QED) is 0.375. The summed E-state index contributed by atoms with van der Waals surface area (Å²) in [6.07, 6.45) is 2.57. The second-order valence-corrected chi connectivity index (χ2v) is 9.38. The molecule has 3 aromatic carbocycles. The van der Waals surface area contributed by atoms with Gasteiger partial charge in [-0.15, -0.1) is 0 Å². The maximum atomic E-state index is 13.3. The van der Waals surface area contributed by atoms with Gasteiger partial charge in [0, 0.05) is 25.9 Å². The summed E-state index contributed by atoms with van der Waals surface area (Å²) in [4.78, 5) is 36.1. The van der Waals surface area contributed by atoms with Gasteiger partial charge < -0.3 is 9.88 Å². The van der Waals surface area contributed by atoms with Crippen molar-refractivity contribution in [1.82, 2.24) is 24.4 Å².